The van der Waals surface area contributed by atoms with E-state index in [0.717, 1.165) is 31.4 Å². The van der Waals surface area contributed by atoms with Gasteiger partial charge in [-0.05, 0) is 38.7 Å². The zero-order valence-electron chi connectivity index (χ0n) is 13.9. The summed E-state index contributed by atoms with van der Waals surface area (Å²) in [7, 11) is 0. The third kappa shape index (κ3) is 5.06. The third-order valence-corrected chi connectivity index (χ3v) is 4.19. The molecule has 1 heterocycles. The van der Waals surface area contributed by atoms with Gasteiger partial charge in [0, 0.05) is 19.7 Å². The van der Waals surface area contributed by atoms with Crippen molar-refractivity contribution >= 4 is 11.8 Å². The predicted octanol–water partition coefficient (Wildman–Crippen LogP) is 1.67. The molecule has 1 saturated heterocycles. The second-order valence-electron chi connectivity index (χ2n) is 6.46. The van der Waals surface area contributed by atoms with Crippen LogP contribution in [0.3, 0.4) is 0 Å². The molecular weight excluding hydrogens is 292 g/mol. The monoisotopic (exact) mass is 318 g/mol. The molecule has 2 amide bonds. The molecule has 126 valence electrons. The fourth-order valence-electron chi connectivity index (χ4n) is 2.52. The Morgan fingerprint density at radius 3 is 2.52 bits per heavy atom. The highest BCUT2D eigenvalue weighted by molar-refractivity contribution is 6.04. The summed E-state index contributed by atoms with van der Waals surface area (Å²) in [4.78, 5) is 24.6. The molecule has 1 atom stereocenters. The molecule has 5 nitrogen and oxygen atoms in total. The number of benzene rings is 1. The molecule has 2 rings (SSSR count). The van der Waals surface area contributed by atoms with Crippen molar-refractivity contribution in [2.75, 3.05) is 19.7 Å². The minimum atomic E-state index is -1.09. The van der Waals surface area contributed by atoms with Crippen molar-refractivity contribution in [3.63, 3.8) is 0 Å². The zero-order valence-corrected chi connectivity index (χ0v) is 13.9. The van der Waals surface area contributed by atoms with E-state index in [1.54, 1.807) is 13.8 Å². The van der Waals surface area contributed by atoms with Gasteiger partial charge >= 0.3 is 0 Å². The molecule has 0 spiro atoms. The van der Waals surface area contributed by atoms with Crippen molar-refractivity contribution in [3.05, 3.63) is 35.9 Å². The van der Waals surface area contributed by atoms with Gasteiger partial charge in [0.2, 0.25) is 11.8 Å². The lowest BCUT2D eigenvalue weighted by molar-refractivity contribution is -0.141. The van der Waals surface area contributed by atoms with Crippen LogP contribution in [-0.4, -0.2) is 37.6 Å². The van der Waals surface area contributed by atoms with Gasteiger partial charge in [0.15, 0.2) is 0 Å². The normalized spacial score (nSPS) is 17.7. The highest BCUT2D eigenvalue weighted by atomic mass is 16.5. The lowest BCUT2D eigenvalue weighted by Gasteiger charge is -2.23. The summed E-state index contributed by atoms with van der Waals surface area (Å²) in [6.45, 7) is 5.04. The second-order valence-corrected chi connectivity index (χ2v) is 6.46. The van der Waals surface area contributed by atoms with E-state index in [1.807, 2.05) is 30.3 Å². The van der Waals surface area contributed by atoms with Gasteiger partial charge in [0.25, 0.3) is 0 Å². The molecule has 2 N–H and O–H groups in total. The molecule has 1 unspecified atom stereocenters. The largest absolute Gasteiger partial charge is 0.376 e. The molecule has 1 aliphatic heterocycles. The fourth-order valence-corrected chi connectivity index (χ4v) is 2.52. The van der Waals surface area contributed by atoms with Gasteiger partial charge < -0.3 is 15.4 Å². The van der Waals surface area contributed by atoms with Crippen LogP contribution in [0.2, 0.25) is 0 Å². The van der Waals surface area contributed by atoms with E-state index in [0.29, 0.717) is 13.1 Å². The Morgan fingerprint density at radius 2 is 1.87 bits per heavy atom. The molecule has 0 radical (unpaired) electrons. The van der Waals surface area contributed by atoms with E-state index in [-0.39, 0.29) is 17.9 Å². The molecule has 5 heteroatoms. The number of hydrogen-bond acceptors (Lipinski definition) is 3. The maximum Gasteiger partial charge on any atom is 0.235 e. The minimum absolute atomic E-state index is 0.0795. The number of amides is 2. The van der Waals surface area contributed by atoms with Crippen molar-refractivity contribution in [2.45, 2.75) is 39.2 Å². The number of hydrogen-bond donors (Lipinski definition) is 2. The Labute approximate surface area is 137 Å². The molecule has 1 fully saturated rings. The topological polar surface area (TPSA) is 67.4 Å². The lowest BCUT2D eigenvalue weighted by atomic mass is 9.91. The number of rotatable bonds is 7. The van der Waals surface area contributed by atoms with Crippen LogP contribution in [-0.2, 0) is 20.7 Å². The Hall–Kier alpha value is -1.88. The minimum Gasteiger partial charge on any atom is -0.376 e. The Kier molecular flexibility index (Phi) is 6.16. The molecule has 0 aliphatic carbocycles. The SMILES string of the molecule is CC(C)(C(=O)NCCc1ccccc1)C(=O)NCC1CCCO1. The number of ether oxygens (including phenoxy) is 1. The van der Waals surface area contributed by atoms with Crippen LogP contribution < -0.4 is 10.6 Å². The first kappa shape index (κ1) is 17.5. The number of carbonyl (C=O) groups excluding carboxylic acids is 2. The van der Waals surface area contributed by atoms with Crippen LogP contribution in [0, 0.1) is 5.41 Å². The van der Waals surface area contributed by atoms with Crippen LogP contribution in [0.1, 0.15) is 32.3 Å². The first-order valence-corrected chi connectivity index (χ1v) is 8.22. The molecule has 1 aliphatic rings. The molecule has 0 aromatic heterocycles. The summed E-state index contributed by atoms with van der Waals surface area (Å²) in [5.74, 6) is -0.511. The maximum atomic E-state index is 12.3. The van der Waals surface area contributed by atoms with Crippen LogP contribution in [0.15, 0.2) is 30.3 Å². The van der Waals surface area contributed by atoms with Crippen LogP contribution in [0.4, 0.5) is 0 Å². The summed E-state index contributed by atoms with van der Waals surface area (Å²) < 4.78 is 5.48. The van der Waals surface area contributed by atoms with Gasteiger partial charge in [-0.25, -0.2) is 0 Å². The molecule has 0 saturated carbocycles. The van der Waals surface area contributed by atoms with Gasteiger partial charge in [0.05, 0.1) is 6.10 Å². The summed E-state index contributed by atoms with van der Waals surface area (Å²) in [5.41, 5.74) is 0.0726. The highest BCUT2D eigenvalue weighted by Gasteiger charge is 2.36. The summed E-state index contributed by atoms with van der Waals surface area (Å²) in [6, 6.07) is 9.94. The zero-order chi connectivity index (χ0) is 16.7. The van der Waals surface area contributed by atoms with Crippen molar-refractivity contribution < 1.29 is 14.3 Å². The van der Waals surface area contributed by atoms with Crippen molar-refractivity contribution in [3.8, 4) is 0 Å². The Morgan fingerprint density at radius 1 is 1.17 bits per heavy atom. The molecule has 1 aromatic rings. The van der Waals surface area contributed by atoms with Gasteiger partial charge in [-0.1, -0.05) is 30.3 Å². The summed E-state index contributed by atoms with van der Waals surface area (Å²) in [6.07, 6.45) is 2.82. The number of nitrogens with one attached hydrogen (secondary N) is 2. The van der Waals surface area contributed by atoms with Gasteiger partial charge in [-0.3, -0.25) is 9.59 Å². The molecule has 0 bridgehead atoms. The first-order chi connectivity index (χ1) is 11.0. The predicted molar refractivity (Wildman–Crippen MR) is 88.9 cm³/mol. The summed E-state index contributed by atoms with van der Waals surface area (Å²) >= 11 is 0. The fraction of sp³-hybridized carbons (Fsp3) is 0.556. The third-order valence-electron chi connectivity index (χ3n) is 4.19. The Balaban J connectivity index is 1.75. The van der Waals surface area contributed by atoms with E-state index in [9.17, 15) is 9.59 Å². The van der Waals surface area contributed by atoms with Crippen molar-refractivity contribution in [2.24, 2.45) is 5.41 Å². The standard InChI is InChI=1S/C18H26N2O3/c1-18(2,17(22)20-13-15-9-6-12-23-15)16(21)19-11-10-14-7-4-3-5-8-14/h3-5,7-8,15H,6,9-13H2,1-2H3,(H,19,21)(H,20,22). The number of carbonyl (C=O) groups is 2. The van der Waals surface area contributed by atoms with Crippen LogP contribution >= 0.6 is 0 Å². The lowest BCUT2D eigenvalue weighted by Crippen LogP contribution is -2.49. The quantitative estimate of drug-likeness (QED) is 0.752. The smallest absolute Gasteiger partial charge is 0.235 e. The van der Waals surface area contributed by atoms with Gasteiger partial charge in [0.1, 0.15) is 5.41 Å². The maximum absolute atomic E-state index is 12.3. The summed E-state index contributed by atoms with van der Waals surface area (Å²) in [5, 5.41) is 5.68. The average molecular weight is 318 g/mol. The second kappa shape index (κ2) is 8.11. The van der Waals surface area contributed by atoms with Crippen LogP contribution in [0.5, 0.6) is 0 Å². The molecular formula is C18H26N2O3. The van der Waals surface area contributed by atoms with E-state index in [4.69, 9.17) is 4.74 Å². The van der Waals surface area contributed by atoms with Gasteiger partial charge in [-0.15, -0.1) is 0 Å². The molecule has 1 aromatic carbocycles. The van der Waals surface area contributed by atoms with E-state index in [1.165, 1.54) is 0 Å². The van der Waals surface area contributed by atoms with E-state index < -0.39 is 5.41 Å². The average Bonchev–Trinajstić information content (AvgIpc) is 3.06. The van der Waals surface area contributed by atoms with E-state index >= 15 is 0 Å². The van der Waals surface area contributed by atoms with E-state index in [2.05, 4.69) is 10.6 Å². The highest BCUT2D eigenvalue weighted by Crippen LogP contribution is 2.16. The van der Waals surface area contributed by atoms with Crippen molar-refractivity contribution in [1.82, 2.24) is 10.6 Å². The molecule has 23 heavy (non-hydrogen) atoms. The Bertz CT molecular complexity index is 522. The van der Waals surface area contributed by atoms with Crippen molar-refractivity contribution in [1.29, 1.82) is 0 Å². The van der Waals surface area contributed by atoms with Crippen LogP contribution in [0.25, 0.3) is 0 Å². The van der Waals surface area contributed by atoms with Gasteiger partial charge in [-0.2, -0.15) is 0 Å². The first-order valence-electron chi connectivity index (χ1n) is 8.22.